The van der Waals surface area contributed by atoms with E-state index < -0.39 is 0 Å². The van der Waals surface area contributed by atoms with Gasteiger partial charge in [0.1, 0.15) is 6.10 Å². The minimum atomic E-state index is 0.0976. The number of benzene rings is 2. The van der Waals surface area contributed by atoms with Crippen LogP contribution in [0.25, 0.3) is 6.08 Å². The molecule has 2 unspecified atom stereocenters. The summed E-state index contributed by atoms with van der Waals surface area (Å²) in [5, 5.41) is 2.18. The summed E-state index contributed by atoms with van der Waals surface area (Å²) in [5.74, 6) is 0. The molecule has 0 aliphatic rings. The molecule has 0 aliphatic heterocycles. The SMILES string of the molecule is C=CCN(OC(CCC)c1ccccc1)C(CCC)CC/C=C/c1ccccc1. The quantitative estimate of drug-likeness (QED) is 0.243. The molecule has 0 aliphatic carbocycles. The smallest absolute Gasteiger partial charge is 0.104 e. The van der Waals surface area contributed by atoms with Gasteiger partial charge in [-0.2, -0.15) is 5.06 Å². The summed E-state index contributed by atoms with van der Waals surface area (Å²) in [6.45, 7) is 9.19. The van der Waals surface area contributed by atoms with Crippen molar-refractivity contribution in [3.8, 4) is 0 Å². The standard InChI is InChI=1S/C27H37NO/c1-4-15-26(22-14-13-19-24-17-9-7-10-18-24)28(23-6-3)29-27(16-5-2)25-20-11-8-12-21-25/h6-13,17-21,26-27H,3-5,14-16,22-23H2,1-2H3/b19-13+. The molecule has 2 aromatic carbocycles. The zero-order valence-corrected chi connectivity index (χ0v) is 18.2. The zero-order chi connectivity index (χ0) is 20.7. The molecule has 2 heteroatoms. The maximum Gasteiger partial charge on any atom is 0.104 e. The van der Waals surface area contributed by atoms with Gasteiger partial charge >= 0.3 is 0 Å². The van der Waals surface area contributed by atoms with E-state index in [0.717, 1.165) is 45.1 Å². The molecule has 0 amide bonds. The van der Waals surface area contributed by atoms with Crippen LogP contribution in [0.2, 0.25) is 0 Å². The van der Waals surface area contributed by atoms with Crippen LogP contribution in [-0.4, -0.2) is 17.6 Å². The molecule has 0 aromatic heterocycles. The van der Waals surface area contributed by atoms with E-state index >= 15 is 0 Å². The Hall–Kier alpha value is -2.16. The Balaban J connectivity index is 2.04. The van der Waals surface area contributed by atoms with Crippen molar-refractivity contribution >= 4 is 6.08 Å². The minimum absolute atomic E-state index is 0.0976. The summed E-state index contributed by atoms with van der Waals surface area (Å²) >= 11 is 0. The van der Waals surface area contributed by atoms with E-state index in [4.69, 9.17) is 4.84 Å². The molecular formula is C27H37NO. The van der Waals surface area contributed by atoms with Crippen molar-refractivity contribution in [3.63, 3.8) is 0 Å². The first-order valence-electron chi connectivity index (χ1n) is 11.1. The normalized spacial score (nSPS) is 13.6. The van der Waals surface area contributed by atoms with E-state index in [2.05, 4.69) is 98.3 Å². The third-order valence-electron chi connectivity index (χ3n) is 5.10. The Kier molecular flexibility index (Phi) is 11.1. The van der Waals surface area contributed by atoms with Gasteiger partial charge in [0.15, 0.2) is 0 Å². The number of hydrogen-bond acceptors (Lipinski definition) is 2. The van der Waals surface area contributed by atoms with Crippen LogP contribution in [0, 0.1) is 0 Å². The fraction of sp³-hybridized carbons (Fsp3) is 0.407. The predicted molar refractivity (Wildman–Crippen MR) is 125 cm³/mol. The summed E-state index contributed by atoms with van der Waals surface area (Å²) < 4.78 is 0. The number of nitrogens with zero attached hydrogens (tertiary/aromatic N) is 1. The van der Waals surface area contributed by atoms with Crippen LogP contribution < -0.4 is 0 Å². The molecule has 29 heavy (non-hydrogen) atoms. The summed E-state index contributed by atoms with van der Waals surface area (Å²) in [6.07, 6.45) is 13.1. The second-order valence-electron chi connectivity index (χ2n) is 7.51. The van der Waals surface area contributed by atoms with E-state index in [1.54, 1.807) is 0 Å². The average molecular weight is 392 g/mol. The second-order valence-corrected chi connectivity index (χ2v) is 7.51. The zero-order valence-electron chi connectivity index (χ0n) is 18.2. The summed E-state index contributed by atoms with van der Waals surface area (Å²) in [6, 6.07) is 21.5. The first-order valence-corrected chi connectivity index (χ1v) is 11.1. The Labute approximate surface area is 177 Å². The number of hydrogen-bond donors (Lipinski definition) is 0. The van der Waals surface area contributed by atoms with Gasteiger partial charge < -0.3 is 0 Å². The van der Waals surface area contributed by atoms with Gasteiger partial charge in [0.05, 0.1) is 0 Å². The molecule has 0 radical (unpaired) electrons. The maximum absolute atomic E-state index is 6.59. The van der Waals surface area contributed by atoms with E-state index in [9.17, 15) is 0 Å². The van der Waals surface area contributed by atoms with Crippen molar-refractivity contribution < 1.29 is 4.84 Å². The van der Waals surface area contributed by atoms with Crippen molar-refractivity contribution in [1.82, 2.24) is 5.06 Å². The molecular weight excluding hydrogens is 354 g/mol. The highest BCUT2D eigenvalue weighted by molar-refractivity contribution is 5.48. The summed E-state index contributed by atoms with van der Waals surface area (Å²) in [5.41, 5.74) is 2.51. The van der Waals surface area contributed by atoms with Gasteiger partial charge in [0.2, 0.25) is 0 Å². The lowest BCUT2D eigenvalue weighted by Crippen LogP contribution is -2.36. The van der Waals surface area contributed by atoms with Crippen LogP contribution in [0.4, 0.5) is 0 Å². The van der Waals surface area contributed by atoms with Gasteiger partial charge in [-0.1, -0.05) is 106 Å². The van der Waals surface area contributed by atoms with Crippen LogP contribution in [0.15, 0.2) is 79.4 Å². The lowest BCUT2D eigenvalue weighted by atomic mass is 10.0. The van der Waals surface area contributed by atoms with Gasteiger partial charge in [-0.15, -0.1) is 6.58 Å². The van der Waals surface area contributed by atoms with Gasteiger partial charge in [-0.05, 0) is 36.8 Å². The molecule has 2 nitrogen and oxygen atoms in total. The molecule has 0 N–H and O–H groups in total. The fourth-order valence-electron chi connectivity index (χ4n) is 3.62. The highest BCUT2D eigenvalue weighted by Gasteiger charge is 2.22. The van der Waals surface area contributed by atoms with Crippen LogP contribution in [0.1, 0.15) is 69.6 Å². The lowest BCUT2D eigenvalue weighted by Gasteiger charge is -2.33. The lowest BCUT2D eigenvalue weighted by molar-refractivity contribution is -0.222. The molecule has 2 atom stereocenters. The monoisotopic (exact) mass is 391 g/mol. The van der Waals surface area contributed by atoms with Gasteiger partial charge in [0.25, 0.3) is 0 Å². The first-order chi connectivity index (χ1) is 14.3. The minimum Gasteiger partial charge on any atom is -0.290 e. The Morgan fingerprint density at radius 1 is 0.897 bits per heavy atom. The molecule has 0 saturated heterocycles. The summed E-state index contributed by atoms with van der Waals surface area (Å²) in [4.78, 5) is 6.59. The van der Waals surface area contributed by atoms with Crippen molar-refractivity contribution in [2.75, 3.05) is 6.54 Å². The molecule has 2 aromatic rings. The predicted octanol–water partition coefficient (Wildman–Crippen LogP) is 7.61. The molecule has 2 rings (SSSR count). The third-order valence-corrected chi connectivity index (χ3v) is 5.10. The molecule has 0 bridgehead atoms. The van der Waals surface area contributed by atoms with Crippen molar-refractivity contribution in [3.05, 3.63) is 90.5 Å². The van der Waals surface area contributed by atoms with Crippen molar-refractivity contribution in [1.29, 1.82) is 0 Å². The molecule has 0 fully saturated rings. The topological polar surface area (TPSA) is 12.5 Å². The molecule has 0 heterocycles. The number of rotatable bonds is 14. The van der Waals surface area contributed by atoms with Crippen LogP contribution in [0.3, 0.4) is 0 Å². The fourth-order valence-corrected chi connectivity index (χ4v) is 3.62. The third kappa shape index (κ3) is 8.39. The van der Waals surface area contributed by atoms with Gasteiger partial charge in [-0.25, -0.2) is 0 Å². The molecule has 156 valence electrons. The Morgan fingerprint density at radius 2 is 1.55 bits per heavy atom. The second kappa shape index (κ2) is 13.9. The van der Waals surface area contributed by atoms with E-state index in [-0.39, 0.29) is 6.10 Å². The van der Waals surface area contributed by atoms with Crippen LogP contribution in [-0.2, 0) is 4.84 Å². The van der Waals surface area contributed by atoms with Gasteiger partial charge in [0, 0.05) is 12.6 Å². The van der Waals surface area contributed by atoms with Gasteiger partial charge in [-0.3, -0.25) is 4.84 Å². The Bertz CT molecular complexity index is 695. The number of hydroxylamine groups is 2. The average Bonchev–Trinajstić information content (AvgIpc) is 2.76. The first kappa shape index (κ1) is 23.1. The van der Waals surface area contributed by atoms with E-state index in [1.807, 2.05) is 6.08 Å². The maximum atomic E-state index is 6.59. The van der Waals surface area contributed by atoms with Crippen molar-refractivity contribution in [2.24, 2.45) is 0 Å². The summed E-state index contributed by atoms with van der Waals surface area (Å²) in [7, 11) is 0. The highest BCUT2D eigenvalue weighted by atomic mass is 16.7. The van der Waals surface area contributed by atoms with Crippen molar-refractivity contribution in [2.45, 2.75) is 64.5 Å². The largest absolute Gasteiger partial charge is 0.290 e. The molecule has 0 spiro atoms. The number of allylic oxidation sites excluding steroid dienone is 1. The highest BCUT2D eigenvalue weighted by Crippen LogP contribution is 2.27. The van der Waals surface area contributed by atoms with Crippen LogP contribution >= 0.6 is 0 Å². The Morgan fingerprint density at radius 3 is 2.17 bits per heavy atom. The van der Waals surface area contributed by atoms with Crippen LogP contribution in [0.5, 0.6) is 0 Å². The van der Waals surface area contributed by atoms with E-state index in [1.165, 1.54) is 11.1 Å². The molecule has 0 saturated carbocycles. The van der Waals surface area contributed by atoms with E-state index in [0.29, 0.717) is 6.04 Å².